The van der Waals surface area contributed by atoms with Crippen molar-refractivity contribution in [2.45, 2.75) is 39.0 Å². The number of carbonyl (C=O) groups excluding carboxylic acids is 2. The maximum absolute atomic E-state index is 13.2. The van der Waals surface area contributed by atoms with Gasteiger partial charge in [-0.2, -0.15) is 0 Å². The van der Waals surface area contributed by atoms with Crippen molar-refractivity contribution < 1.29 is 14.1 Å². The summed E-state index contributed by atoms with van der Waals surface area (Å²) in [5, 5.41) is 4.64. The van der Waals surface area contributed by atoms with Crippen molar-refractivity contribution >= 4 is 23.4 Å². The van der Waals surface area contributed by atoms with E-state index < -0.39 is 0 Å². The average molecular weight is 416 g/mol. The van der Waals surface area contributed by atoms with Crippen molar-refractivity contribution in [2.24, 2.45) is 5.92 Å². The molecule has 154 valence electrons. The molecule has 29 heavy (non-hydrogen) atoms. The molecule has 2 aliphatic rings. The van der Waals surface area contributed by atoms with Gasteiger partial charge in [-0.15, -0.1) is 0 Å². The molecular formula is C22H26ClN3O3. The van der Waals surface area contributed by atoms with Gasteiger partial charge >= 0.3 is 0 Å². The number of likely N-dealkylation sites (tertiary alicyclic amines) is 2. The standard InChI is InChI=1S/C22H26ClN3O3/c1-15-20(21(24-29-15)17-6-2-3-7-18(17)23)22(28)26-12-8-16(9-13-26)14-19(27)25-10-4-5-11-25/h2-3,6-7,16H,4-5,8-14H2,1H3. The fourth-order valence-electron chi connectivity index (χ4n) is 4.30. The zero-order valence-corrected chi connectivity index (χ0v) is 17.5. The van der Waals surface area contributed by atoms with Crippen LogP contribution in [0.5, 0.6) is 0 Å². The number of rotatable bonds is 4. The van der Waals surface area contributed by atoms with Gasteiger partial charge in [-0.3, -0.25) is 9.59 Å². The highest BCUT2D eigenvalue weighted by atomic mass is 35.5. The number of carbonyl (C=O) groups is 2. The third kappa shape index (κ3) is 4.17. The lowest BCUT2D eigenvalue weighted by Gasteiger charge is -2.32. The van der Waals surface area contributed by atoms with Crippen LogP contribution in [-0.4, -0.2) is 52.9 Å². The summed E-state index contributed by atoms with van der Waals surface area (Å²) >= 11 is 6.31. The Kier molecular flexibility index (Phi) is 5.90. The van der Waals surface area contributed by atoms with E-state index in [1.807, 2.05) is 28.0 Å². The summed E-state index contributed by atoms with van der Waals surface area (Å²) < 4.78 is 5.34. The number of amides is 2. The van der Waals surface area contributed by atoms with Gasteiger partial charge < -0.3 is 14.3 Å². The van der Waals surface area contributed by atoms with Gasteiger partial charge in [0, 0.05) is 38.2 Å². The van der Waals surface area contributed by atoms with Crippen LogP contribution in [0.25, 0.3) is 11.3 Å². The summed E-state index contributed by atoms with van der Waals surface area (Å²) in [7, 11) is 0. The number of hydrogen-bond acceptors (Lipinski definition) is 4. The van der Waals surface area contributed by atoms with E-state index in [4.69, 9.17) is 16.1 Å². The van der Waals surface area contributed by atoms with E-state index in [1.54, 1.807) is 13.0 Å². The first-order valence-corrected chi connectivity index (χ1v) is 10.7. The van der Waals surface area contributed by atoms with E-state index >= 15 is 0 Å². The van der Waals surface area contributed by atoms with Crippen LogP contribution in [0.4, 0.5) is 0 Å². The first-order chi connectivity index (χ1) is 14.0. The maximum Gasteiger partial charge on any atom is 0.259 e. The zero-order valence-electron chi connectivity index (χ0n) is 16.7. The Morgan fingerprint density at radius 3 is 2.48 bits per heavy atom. The lowest BCUT2D eigenvalue weighted by Crippen LogP contribution is -2.40. The highest BCUT2D eigenvalue weighted by Crippen LogP contribution is 2.33. The second-order valence-corrected chi connectivity index (χ2v) is 8.38. The number of nitrogens with zero attached hydrogens (tertiary/aromatic N) is 3. The second-order valence-electron chi connectivity index (χ2n) is 7.97. The predicted molar refractivity (Wildman–Crippen MR) is 111 cm³/mol. The molecule has 4 rings (SSSR count). The third-order valence-electron chi connectivity index (χ3n) is 6.03. The van der Waals surface area contributed by atoms with E-state index in [0.29, 0.717) is 53.0 Å². The fourth-order valence-corrected chi connectivity index (χ4v) is 4.53. The minimum absolute atomic E-state index is 0.0806. The average Bonchev–Trinajstić information content (AvgIpc) is 3.39. The molecule has 0 bridgehead atoms. The normalized spacial score (nSPS) is 17.7. The maximum atomic E-state index is 13.2. The monoisotopic (exact) mass is 415 g/mol. The molecule has 2 amide bonds. The molecule has 2 fully saturated rings. The molecule has 2 saturated heterocycles. The summed E-state index contributed by atoms with van der Waals surface area (Å²) in [5.41, 5.74) is 1.66. The lowest BCUT2D eigenvalue weighted by atomic mass is 9.92. The van der Waals surface area contributed by atoms with Crippen molar-refractivity contribution in [3.63, 3.8) is 0 Å². The summed E-state index contributed by atoms with van der Waals surface area (Å²) in [6.45, 7) is 4.83. The first kappa shape index (κ1) is 20.0. The molecule has 0 unspecified atom stereocenters. The predicted octanol–water partition coefficient (Wildman–Crippen LogP) is 4.17. The Bertz CT molecular complexity index is 896. The van der Waals surface area contributed by atoms with Crippen LogP contribution in [0.15, 0.2) is 28.8 Å². The number of benzene rings is 1. The van der Waals surface area contributed by atoms with Crippen molar-refractivity contribution in [3.8, 4) is 11.3 Å². The molecule has 0 N–H and O–H groups in total. The van der Waals surface area contributed by atoms with Gasteiger partial charge in [0.05, 0.1) is 5.02 Å². The van der Waals surface area contributed by atoms with Crippen molar-refractivity contribution in [3.05, 3.63) is 40.6 Å². The molecule has 0 spiro atoms. The van der Waals surface area contributed by atoms with Crippen LogP contribution >= 0.6 is 11.6 Å². The molecule has 2 aliphatic heterocycles. The van der Waals surface area contributed by atoms with Crippen LogP contribution < -0.4 is 0 Å². The smallest absolute Gasteiger partial charge is 0.259 e. The Morgan fingerprint density at radius 1 is 1.10 bits per heavy atom. The highest BCUT2D eigenvalue weighted by Gasteiger charge is 2.31. The van der Waals surface area contributed by atoms with E-state index in [0.717, 1.165) is 38.8 Å². The molecule has 3 heterocycles. The Labute approximate surface area is 175 Å². The number of hydrogen-bond donors (Lipinski definition) is 0. The fraction of sp³-hybridized carbons (Fsp3) is 0.500. The quantitative estimate of drug-likeness (QED) is 0.751. The number of aromatic nitrogens is 1. The number of piperidine rings is 1. The largest absolute Gasteiger partial charge is 0.360 e. The van der Waals surface area contributed by atoms with Crippen LogP contribution in [0.2, 0.25) is 5.02 Å². The van der Waals surface area contributed by atoms with Crippen LogP contribution in [0, 0.1) is 12.8 Å². The highest BCUT2D eigenvalue weighted by molar-refractivity contribution is 6.33. The molecule has 0 atom stereocenters. The second kappa shape index (κ2) is 8.57. The molecule has 7 heteroatoms. The lowest BCUT2D eigenvalue weighted by molar-refractivity contribution is -0.131. The number of halogens is 1. The molecular weight excluding hydrogens is 390 g/mol. The van der Waals surface area contributed by atoms with Gasteiger partial charge in [0.25, 0.3) is 5.91 Å². The molecule has 6 nitrogen and oxygen atoms in total. The van der Waals surface area contributed by atoms with E-state index in [-0.39, 0.29) is 11.8 Å². The summed E-state index contributed by atoms with van der Waals surface area (Å²) in [6.07, 6.45) is 4.52. The van der Waals surface area contributed by atoms with E-state index in [9.17, 15) is 9.59 Å². The SMILES string of the molecule is Cc1onc(-c2ccccc2Cl)c1C(=O)N1CCC(CC(=O)N2CCCC2)CC1. The minimum Gasteiger partial charge on any atom is -0.360 e. The van der Waals surface area contributed by atoms with E-state index in [2.05, 4.69) is 5.16 Å². The molecule has 1 aromatic carbocycles. The third-order valence-corrected chi connectivity index (χ3v) is 6.36. The minimum atomic E-state index is -0.0806. The van der Waals surface area contributed by atoms with Gasteiger partial charge in [-0.25, -0.2) is 0 Å². The summed E-state index contributed by atoms with van der Waals surface area (Å²) in [5.74, 6) is 1.03. The van der Waals surface area contributed by atoms with Gasteiger partial charge in [0.2, 0.25) is 5.91 Å². The van der Waals surface area contributed by atoms with Gasteiger partial charge in [0.15, 0.2) is 0 Å². The van der Waals surface area contributed by atoms with Crippen LogP contribution in [0.1, 0.15) is 48.2 Å². The Balaban J connectivity index is 1.42. The molecule has 2 aromatic rings. The zero-order chi connectivity index (χ0) is 20.4. The summed E-state index contributed by atoms with van der Waals surface area (Å²) in [6, 6.07) is 7.32. The molecule has 0 aliphatic carbocycles. The van der Waals surface area contributed by atoms with E-state index in [1.165, 1.54) is 0 Å². The Morgan fingerprint density at radius 2 is 1.79 bits per heavy atom. The van der Waals surface area contributed by atoms with Crippen molar-refractivity contribution in [1.29, 1.82) is 0 Å². The van der Waals surface area contributed by atoms with Gasteiger partial charge in [-0.1, -0.05) is 35.0 Å². The van der Waals surface area contributed by atoms with Gasteiger partial charge in [0.1, 0.15) is 17.0 Å². The Hall–Kier alpha value is -2.34. The summed E-state index contributed by atoms with van der Waals surface area (Å²) in [4.78, 5) is 29.5. The first-order valence-electron chi connectivity index (χ1n) is 10.3. The number of aryl methyl sites for hydroxylation is 1. The van der Waals surface area contributed by atoms with Crippen molar-refractivity contribution in [2.75, 3.05) is 26.2 Å². The van der Waals surface area contributed by atoms with Crippen LogP contribution in [0.3, 0.4) is 0 Å². The van der Waals surface area contributed by atoms with Crippen LogP contribution in [-0.2, 0) is 4.79 Å². The van der Waals surface area contributed by atoms with Gasteiger partial charge in [-0.05, 0) is 44.6 Å². The topological polar surface area (TPSA) is 66.7 Å². The molecule has 0 saturated carbocycles. The van der Waals surface area contributed by atoms with Crippen molar-refractivity contribution in [1.82, 2.24) is 15.0 Å². The molecule has 0 radical (unpaired) electrons. The molecule has 1 aromatic heterocycles.